The number of nitriles is 1. The normalized spacial score (nSPS) is 30.7. The molecule has 0 aromatic heterocycles. The van der Waals surface area contributed by atoms with Crippen molar-refractivity contribution in [2.24, 2.45) is 5.41 Å². The molecule has 0 N–H and O–H groups in total. The molecule has 4 nitrogen and oxygen atoms in total. The smallest absolute Gasteiger partial charge is 0.329 e. The molecule has 1 aliphatic rings. The average Bonchev–Trinajstić information content (AvgIpc) is 2.81. The van der Waals surface area contributed by atoms with E-state index >= 15 is 0 Å². The van der Waals surface area contributed by atoms with E-state index in [9.17, 15) is 4.79 Å². The Kier molecular flexibility index (Phi) is 2.89. The molecule has 4 heteroatoms. The van der Waals surface area contributed by atoms with E-state index in [1.54, 1.807) is 6.92 Å². The van der Waals surface area contributed by atoms with Crippen molar-refractivity contribution in [3.8, 4) is 6.07 Å². The number of esters is 1. The molecule has 0 amide bonds. The summed E-state index contributed by atoms with van der Waals surface area (Å²) < 4.78 is 10.00. The molecule has 72 valence electrons. The number of hydrogen-bond donors (Lipinski definition) is 0. The van der Waals surface area contributed by atoms with Gasteiger partial charge in [-0.3, -0.25) is 4.79 Å². The third kappa shape index (κ3) is 1.65. The van der Waals surface area contributed by atoms with Gasteiger partial charge >= 0.3 is 5.97 Å². The summed E-state index contributed by atoms with van der Waals surface area (Å²) in [7, 11) is 0. The Morgan fingerprint density at radius 3 is 2.77 bits per heavy atom. The SMILES string of the molecule is CCOC(=O)C1(C#N)CC1OCC. The lowest BCUT2D eigenvalue weighted by atomic mass is 10.1. The summed E-state index contributed by atoms with van der Waals surface area (Å²) in [5, 5.41) is 8.82. The number of hydrogen-bond acceptors (Lipinski definition) is 4. The fourth-order valence-electron chi connectivity index (χ4n) is 1.27. The highest BCUT2D eigenvalue weighted by atomic mass is 16.5. The molecule has 0 aromatic rings. The quantitative estimate of drug-likeness (QED) is 0.607. The van der Waals surface area contributed by atoms with Crippen LogP contribution >= 0.6 is 0 Å². The lowest BCUT2D eigenvalue weighted by Gasteiger charge is -2.06. The average molecular weight is 183 g/mol. The number of carbonyl (C=O) groups is 1. The van der Waals surface area contributed by atoms with Gasteiger partial charge in [-0.2, -0.15) is 5.26 Å². The van der Waals surface area contributed by atoms with Crippen molar-refractivity contribution in [3.05, 3.63) is 0 Å². The lowest BCUT2D eigenvalue weighted by molar-refractivity contribution is -0.148. The second-order valence-electron chi connectivity index (χ2n) is 2.95. The van der Waals surface area contributed by atoms with Crippen molar-refractivity contribution in [2.45, 2.75) is 26.4 Å². The van der Waals surface area contributed by atoms with Crippen molar-refractivity contribution in [1.29, 1.82) is 5.26 Å². The Labute approximate surface area is 77.4 Å². The summed E-state index contributed by atoms with van der Waals surface area (Å²) in [5.74, 6) is -0.448. The van der Waals surface area contributed by atoms with Gasteiger partial charge in [0.05, 0.1) is 18.8 Å². The highest BCUT2D eigenvalue weighted by Gasteiger charge is 2.63. The molecule has 1 rings (SSSR count). The van der Waals surface area contributed by atoms with Crippen LogP contribution in [0.1, 0.15) is 20.3 Å². The Balaban J connectivity index is 2.56. The number of rotatable bonds is 4. The third-order valence-corrected chi connectivity index (χ3v) is 2.10. The zero-order chi connectivity index (χ0) is 9.90. The van der Waals surface area contributed by atoms with Gasteiger partial charge in [-0.15, -0.1) is 0 Å². The van der Waals surface area contributed by atoms with Crippen LogP contribution in [0.5, 0.6) is 0 Å². The van der Waals surface area contributed by atoms with Gasteiger partial charge in [0.1, 0.15) is 0 Å². The van der Waals surface area contributed by atoms with Crippen molar-refractivity contribution >= 4 is 5.97 Å². The van der Waals surface area contributed by atoms with Gasteiger partial charge < -0.3 is 9.47 Å². The van der Waals surface area contributed by atoms with Gasteiger partial charge in [0.25, 0.3) is 0 Å². The van der Waals surface area contributed by atoms with Crippen LogP contribution in [0.3, 0.4) is 0 Å². The molecule has 1 fully saturated rings. The summed E-state index contributed by atoms with van der Waals surface area (Å²) in [6.45, 7) is 4.39. The van der Waals surface area contributed by atoms with E-state index in [1.165, 1.54) is 0 Å². The molecular weight excluding hydrogens is 170 g/mol. The molecule has 0 spiro atoms. The Bertz CT molecular complexity index is 246. The Morgan fingerprint density at radius 2 is 2.31 bits per heavy atom. The molecular formula is C9H13NO3. The first kappa shape index (κ1) is 10.0. The van der Waals surface area contributed by atoms with Crippen LogP contribution in [0.4, 0.5) is 0 Å². The van der Waals surface area contributed by atoms with Crippen LogP contribution < -0.4 is 0 Å². The van der Waals surface area contributed by atoms with E-state index in [-0.39, 0.29) is 6.10 Å². The molecule has 0 aliphatic heterocycles. The zero-order valence-corrected chi connectivity index (χ0v) is 7.87. The molecule has 1 aliphatic carbocycles. The van der Waals surface area contributed by atoms with E-state index < -0.39 is 11.4 Å². The van der Waals surface area contributed by atoms with Crippen LogP contribution in [0.25, 0.3) is 0 Å². The minimum Gasteiger partial charge on any atom is -0.465 e. The molecule has 13 heavy (non-hydrogen) atoms. The monoisotopic (exact) mass is 183 g/mol. The number of ether oxygens (including phenoxy) is 2. The summed E-state index contributed by atoms with van der Waals surface area (Å²) in [4.78, 5) is 11.3. The van der Waals surface area contributed by atoms with Crippen LogP contribution in [0, 0.1) is 16.7 Å². The zero-order valence-electron chi connectivity index (χ0n) is 7.87. The highest BCUT2D eigenvalue weighted by molar-refractivity contribution is 5.84. The maximum atomic E-state index is 11.3. The maximum Gasteiger partial charge on any atom is 0.329 e. The predicted octanol–water partition coefficient (Wildman–Crippen LogP) is 0.868. The molecule has 0 saturated heterocycles. The van der Waals surface area contributed by atoms with Crippen LogP contribution in [0.15, 0.2) is 0 Å². The van der Waals surface area contributed by atoms with Crippen LogP contribution in [0.2, 0.25) is 0 Å². The van der Waals surface area contributed by atoms with Crippen molar-refractivity contribution in [1.82, 2.24) is 0 Å². The first-order valence-corrected chi connectivity index (χ1v) is 4.41. The van der Waals surface area contributed by atoms with Crippen molar-refractivity contribution < 1.29 is 14.3 Å². The molecule has 0 bridgehead atoms. The summed E-state index contributed by atoms with van der Waals surface area (Å²) in [6.07, 6.45) is 0.206. The second-order valence-corrected chi connectivity index (χ2v) is 2.95. The summed E-state index contributed by atoms with van der Waals surface area (Å²) in [5.41, 5.74) is -1.01. The molecule has 0 aromatic carbocycles. The van der Waals surface area contributed by atoms with Crippen molar-refractivity contribution in [3.63, 3.8) is 0 Å². The fourth-order valence-corrected chi connectivity index (χ4v) is 1.27. The van der Waals surface area contributed by atoms with E-state index in [2.05, 4.69) is 0 Å². The second kappa shape index (κ2) is 3.75. The van der Waals surface area contributed by atoms with E-state index in [0.717, 1.165) is 0 Å². The van der Waals surface area contributed by atoms with Gasteiger partial charge in [-0.1, -0.05) is 0 Å². The van der Waals surface area contributed by atoms with E-state index in [4.69, 9.17) is 14.7 Å². The first-order valence-electron chi connectivity index (χ1n) is 4.41. The third-order valence-electron chi connectivity index (χ3n) is 2.10. The first-order chi connectivity index (χ1) is 6.21. The van der Waals surface area contributed by atoms with Gasteiger partial charge in [0.15, 0.2) is 5.41 Å². The number of nitrogens with zero attached hydrogens (tertiary/aromatic N) is 1. The molecule has 0 radical (unpaired) electrons. The summed E-state index contributed by atoms with van der Waals surface area (Å²) >= 11 is 0. The van der Waals surface area contributed by atoms with Crippen LogP contribution in [-0.2, 0) is 14.3 Å². The van der Waals surface area contributed by atoms with Crippen molar-refractivity contribution in [2.75, 3.05) is 13.2 Å². The van der Waals surface area contributed by atoms with Gasteiger partial charge in [0, 0.05) is 13.0 Å². The maximum absolute atomic E-state index is 11.3. The standard InChI is InChI=1S/C9H13NO3/c1-3-12-7-5-9(7,6-10)8(11)13-4-2/h7H,3-5H2,1-2H3. The van der Waals surface area contributed by atoms with Crippen LogP contribution in [-0.4, -0.2) is 25.3 Å². The predicted molar refractivity (Wildman–Crippen MR) is 44.7 cm³/mol. The minimum absolute atomic E-state index is 0.262. The highest BCUT2D eigenvalue weighted by Crippen LogP contribution is 2.48. The van der Waals surface area contributed by atoms with Gasteiger partial charge in [0.2, 0.25) is 0 Å². The minimum atomic E-state index is -1.01. The Morgan fingerprint density at radius 1 is 1.62 bits per heavy atom. The lowest BCUT2D eigenvalue weighted by Crippen LogP contribution is -2.22. The summed E-state index contributed by atoms with van der Waals surface area (Å²) in [6, 6.07) is 1.97. The van der Waals surface area contributed by atoms with E-state index in [0.29, 0.717) is 19.6 Å². The van der Waals surface area contributed by atoms with E-state index in [1.807, 2.05) is 13.0 Å². The Hall–Kier alpha value is -1.08. The van der Waals surface area contributed by atoms with Gasteiger partial charge in [-0.05, 0) is 13.8 Å². The number of carbonyl (C=O) groups excluding carboxylic acids is 1. The molecule has 0 heterocycles. The molecule has 2 atom stereocenters. The topological polar surface area (TPSA) is 59.3 Å². The largest absolute Gasteiger partial charge is 0.465 e. The fraction of sp³-hybridized carbons (Fsp3) is 0.778. The molecule has 1 saturated carbocycles. The molecule has 2 unspecified atom stereocenters. The van der Waals surface area contributed by atoms with Gasteiger partial charge in [-0.25, -0.2) is 0 Å².